The van der Waals surface area contributed by atoms with E-state index in [9.17, 15) is 52.7 Å². The Morgan fingerprint density at radius 1 is 0.285 bits per heavy atom. The van der Waals surface area contributed by atoms with E-state index in [0.717, 1.165) is 9.80 Å². The Bertz CT molecular complexity index is 2830. The Morgan fingerprint density at radius 3 is 0.785 bits per heavy atom. The fourth-order valence-electron chi connectivity index (χ4n) is 11.2. The molecule has 2 saturated heterocycles. The molecule has 3 atom stereocenters. The maximum Gasteiger partial charge on any atom is 0.242 e. The van der Waals surface area contributed by atoms with Crippen LogP contribution in [0.5, 0.6) is 0 Å². The number of imide groups is 2. The molecule has 2 fully saturated rings. The Morgan fingerprint density at radius 2 is 0.523 bits per heavy atom. The summed E-state index contributed by atoms with van der Waals surface area (Å²) in [6.45, 7) is 23.4. The van der Waals surface area contributed by atoms with E-state index >= 15 is 0 Å². The van der Waals surface area contributed by atoms with Crippen LogP contribution < -0.4 is 21.3 Å². The third kappa shape index (κ3) is 77.1. The van der Waals surface area contributed by atoms with Crippen LogP contribution in [0.25, 0.3) is 0 Å². The second kappa shape index (κ2) is 91.6. The molecule has 44 heteroatoms. The zero-order chi connectivity index (χ0) is 93.9. The molecule has 42 nitrogen and oxygen atoms in total. The molecular weight excluding hydrogens is 1760 g/mol. The van der Waals surface area contributed by atoms with Gasteiger partial charge in [0.2, 0.25) is 47.3 Å². The highest BCUT2D eigenvalue weighted by Gasteiger charge is 2.40. The van der Waals surface area contributed by atoms with Gasteiger partial charge in [-0.3, -0.25) is 62.5 Å². The lowest BCUT2D eigenvalue weighted by atomic mass is 10.0. The molecule has 0 aromatic rings. The molecule has 0 spiro atoms. The number of nitrogens with zero attached hydrogens (tertiary/aromatic N) is 2. The van der Waals surface area contributed by atoms with Crippen LogP contribution in [0.1, 0.15) is 97.3 Å². The normalized spacial score (nSPS) is 14.2. The number of carbonyl (C=O) groups is 11. The van der Waals surface area contributed by atoms with Gasteiger partial charge >= 0.3 is 0 Å². The first-order valence-electron chi connectivity index (χ1n) is 45.5. The lowest BCUT2D eigenvalue weighted by Crippen LogP contribution is -2.41. The van der Waals surface area contributed by atoms with Gasteiger partial charge < -0.3 is 140 Å². The van der Waals surface area contributed by atoms with Gasteiger partial charge in [0.05, 0.1) is 334 Å². The Balaban J connectivity index is 1.22. The average molecular weight is 1910 g/mol. The zero-order valence-electron chi connectivity index (χ0n) is 77.4. The minimum Gasteiger partial charge on any atom is -0.385 e. The number of ketones is 3. The van der Waals surface area contributed by atoms with E-state index in [2.05, 4.69) is 21.3 Å². The molecule has 0 aromatic heterocycles. The maximum absolute atomic E-state index is 13.1. The summed E-state index contributed by atoms with van der Waals surface area (Å²) >= 11 is 2.61. The van der Waals surface area contributed by atoms with Crippen molar-refractivity contribution in [1.82, 2.24) is 31.1 Å². The fourth-order valence-corrected chi connectivity index (χ4v) is 13.6. The van der Waals surface area contributed by atoms with Crippen molar-refractivity contribution in [3.8, 4) is 0 Å². The van der Waals surface area contributed by atoms with Crippen LogP contribution in [0.4, 0.5) is 0 Å². The second-order valence-electron chi connectivity index (χ2n) is 28.7. The minimum absolute atomic E-state index is 0.0103. The molecule has 8 amide bonds. The van der Waals surface area contributed by atoms with E-state index in [-0.39, 0.29) is 149 Å². The van der Waals surface area contributed by atoms with Crippen molar-refractivity contribution in [2.75, 3.05) is 375 Å². The number of hydrogen-bond donors (Lipinski definition) is 4. The van der Waals surface area contributed by atoms with Crippen molar-refractivity contribution in [3.63, 3.8) is 0 Å². The molecule has 0 aliphatic carbocycles. The van der Waals surface area contributed by atoms with Gasteiger partial charge in [-0.15, -0.1) is 23.5 Å². The van der Waals surface area contributed by atoms with Crippen molar-refractivity contribution in [3.05, 3.63) is 0 Å². The third-order valence-corrected chi connectivity index (χ3v) is 20.5. The van der Waals surface area contributed by atoms with E-state index < -0.39 is 16.5 Å². The molecule has 2 aliphatic rings. The van der Waals surface area contributed by atoms with E-state index in [1.807, 2.05) is 0 Å². The summed E-state index contributed by atoms with van der Waals surface area (Å²) in [6.07, 6.45) is 3.69. The number of thioether (sulfide) groups is 2. The van der Waals surface area contributed by atoms with Crippen molar-refractivity contribution in [1.29, 1.82) is 0 Å². The molecular formula is C86H154N6O36S2. The predicted molar refractivity (Wildman–Crippen MR) is 475 cm³/mol. The SMILES string of the molecule is COCCCC(=O)[C@H](CCCCNC(=O)CCOCCOCCOCCOCCOCCOCCOCCOCCOCCOCCOCCOCCNC(=O)CCN1C(=O)CC(SCCC(C)=O)C1=O)NC(=O)CCOCCOCCOCCOCCOCCOCCOCCOCCOCCOCCOCCOCCNC(=O)CCN1C(=O)CC(SCCC(C)=O)C1=O. The number of carbonyl (C=O) groups excluding carboxylic acids is 11. The number of Topliss-reactive ketones (excluding diaryl/α,β-unsaturated/α-hetero) is 3. The molecule has 2 heterocycles. The van der Waals surface area contributed by atoms with Crippen LogP contribution in [-0.4, -0.2) is 466 Å². The first-order valence-corrected chi connectivity index (χ1v) is 47.6. The summed E-state index contributed by atoms with van der Waals surface area (Å²) < 4.78 is 138. The van der Waals surface area contributed by atoms with Crippen molar-refractivity contribution < 1.29 is 171 Å². The molecule has 2 rings (SSSR count). The van der Waals surface area contributed by atoms with Crippen molar-refractivity contribution in [2.45, 2.75) is 114 Å². The van der Waals surface area contributed by atoms with Gasteiger partial charge in [-0.1, -0.05) is 0 Å². The van der Waals surface area contributed by atoms with Crippen LogP contribution in [0.2, 0.25) is 0 Å². The highest BCUT2D eigenvalue weighted by atomic mass is 32.2. The van der Waals surface area contributed by atoms with Crippen LogP contribution >= 0.6 is 23.5 Å². The van der Waals surface area contributed by atoms with Gasteiger partial charge in [-0.05, 0) is 39.5 Å². The standard InChI is InChI=1S/C86H154N6O36S2/c1-73(93)13-69-129-77-71-83(100)91(85(77)102)18-9-79(96)88-16-23-107-27-31-111-35-39-115-43-47-119-51-55-123-59-63-127-67-65-125-61-57-121-53-49-117-45-41-113-37-33-109-29-25-105-21-11-81(98)87-15-5-4-7-75(76(95)8-6-20-104-3)90-82(99)12-22-106-26-30-110-34-38-114-42-46-118-50-54-122-58-62-126-66-68-128-64-60-124-56-52-120-48-44-116-40-36-112-32-28-108-24-17-89-80(97)10-19-92-84(101)72-78(86(92)103)130-70-14-74(2)94/h75,77-78H,4-72H2,1-3H3,(H,87,98)(H,88,96)(H,89,97)(H,90,99)/t75-,77?,78?/m0/s1. The Kier molecular flexibility index (Phi) is 85.2. The highest BCUT2D eigenvalue weighted by molar-refractivity contribution is 8.00. The monoisotopic (exact) mass is 1910 g/mol. The molecule has 2 unspecified atom stereocenters. The van der Waals surface area contributed by atoms with E-state index in [1.54, 1.807) is 7.11 Å². The molecule has 4 N–H and O–H groups in total. The van der Waals surface area contributed by atoms with Crippen LogP contribution in [0.3, 0.4) is 0 Å². The van der Waals surface area contributed by atoms with Crippen LogP contribution in [0.15, 0.2) is 0 Å². The summed E-state index contributed by atoms with van der Waals surface area (Å²) in [5.74, 6) is -1.23. The van der Waals surface area contributed by atoms with E-state index in [0.29, 0.717) is 367 Å². The summed E-state index contributed by atoms with van der Waals surface area (Å²) in [5, 5.41) is 10.2. The second-order valence-corrected chi connectivity index (χ2v) is 31.3. The van der Waals surface area contributed by atoms with Crippen LogP contribution in [-0.2, 0) is 171 Å². The highest BCUT2D eigenvalue weighted by Crippen LogP contribution is 2.27. The number of likely N-dealkylation sites (tertiary alicyclic amines) is 2. The van der Waals surface area contributed by atoms with E-state index in [1.165, 1.54) is 37.4 Å². The zero-order valence-corrected chi connectivity index (χ0v) is 79.1. The number of unbranched alkanes of at least 4 members (excludes halogenated alkanes) is 1. The van der Waals surface area contributed by atoms with Gasteiger partial charge in [0, 0.05) is 116 Å². The lowest BCUT2D eigenvalue weighted by molar-refractivity contribution is -0.140. The number of amides is 8. The largest absolute Gasteiger partial charge is 0.385 e. The first-order chi connectivity index (χ1) is 63.6. The van der Waals surface area contributed by atoms with Crippen molar-refractivity contribution in [2.24, 2.45) is 0 Å². The number of hydrogen-bond acceptors (Lipinski definition) is 38. The van der Waals surface area contributed by atoms with Gasteiger partial charge in [0.25, 0.3) is 0 Å². The molecule has 756 valence electrons. The fraction of sp³-hybridized carbons (Fsp3) is 0.872. The summed E-state index contributed by atoms with van der Waals surface area (Å²) in [4.78, 5) is 137. The quantitative estimate of drug-likeness (QED) is 0.0479. The number of ether oxygens (including phenoxy) is 25. The van der Waals surface area contributed by atoms with Gasteiger partial charge in [-0.25, -0.2) is 0 Å². The molecule has 130 heavy (non-hydrogen) atoms. The average Bonchev–Trinajstić information content (AvgIpc) is 1.70. The van der Waals surface area contributed by atoms with Gasteiger partial charge in [0.1, 0.15) is 11.6 Å². The van der Waals surface area contributed by atoms with Gasteiger partial charge in [0.15, 0.2) is 5.78 Å². The molecule has 0 saturated carbocycles. The lowest BCUT2D eigenvalue weighted by Gasteiger charge is -2.18. The topological polar surface area (TPSA) is 473 Å². The molecule has 0 bridgehead atoms. The molecule has 0 radical (unpaired) electrons. The Hall–Kier alpha value is -5.13. The number of methoxy groups -OCH3 is 1. The maximum atomic E-state index is 13.1. The van der Waals surface area contributed by atoms with E-state index in [4.69, 9.17) is 118 Å². The summed E-state index contributed by atoms with van der Waals surface area (Å²) in [5.41, 5.74) is 0. The Labute approximate surface area is 775 Å². The van der Waals surface area contributed by atoms with Crippen molar-refractivity contribution >= 4 is 88.1 Å². The summed E-state index contributed by atoms with van der Waals surface area (Å²) in [6, 6.07) is -0.651. The molecule has 2 aliphatic heterocycles. The van der Waals surface area contributed by atoms with Gasteiger partial charge in [-0.2, -0.15) is 0 Å². The first kappa shape index (κ1) is 121. The number of rotatable bonds is 103. The third-order valence-electron chi connectivity index (χ3n) is 18.1. The smallest absolute Gasteiger partial charge is 0.242 e. The number of nitrogens with one attached hydrogen (secondary N) is 4. The summed E-state index contributed by atoms with van der Waals surface area (Å²) in [7, 11) is 1.57. The van der Waals surface area contributed by atoms with Crippen LogP contribution in [0, 0.1) is 0 Å². The molecule has 0 aromatic carbocycles. The predicted octanol–water partition coefficient (Wildman–Crippen LogP) is 0.624. The minimum atomic E-state index is -0.651.